The van der Waals surface area contributed by atoms with Crippen LogP contribution in [-0.2, 0) is 26.2 Å². The maximum absolute atomic E-state index is 13.1. The van der Waals surface area contributed by atoms with Crippen molar-refractivity contribution in [2.24, 2.45) is 5.73 Å². The summed E-state index contributed by atoms with van der Waals surface area (Å²) in [5, 5.41) is 0. The van der Waals surface area contributed by atoms with Crippen LogP contribution in [0.2, 0.25) is 0 Å². The highest BCUT2D eigenvalue weighted by Gasteiger charge is 2.25. The molecule has 33 heavy (non-hydrogen) atoms. The van der Waals surface area contributed by atoms with E-state index in [4.69, 9.17) is 15.2 Å². The Morgan fingerprint density at radius 3 is 2.45 bits per heavy atom. The number of sulfonamides is 1. The molecule has 0 radical (unpaired) electrons. The van der Waals surface area contributed by atoms with E-state index in [1.54, 1.807) is 30.3 Å². The minimum atomic E-state index is -3.71. The molecule has 3 rings (SSSR count). The van der Waals surface area contributed by atoms with Crippen molar-refractivity contribution < 1.29 is 27.5 Å². The molecule has 10 heteroatoms. The van der Waals surface area contributed by atoms with E-state index in [-0.39, 0.29) is 23.7 Å². The smallest absolute Gasteiger partial charge is 0.340 e. The number of amides is 1. The predicted octanol–water partition coefficient (Wildman–Crippen LogP) is 2.15. The molecule has 1 saturated heterocycles. The Balaban J connectivity index is 1.84. The molecule has 0 unspecified atom stereocenters. The van der Waals surface area contributed by atoms with Crippen LogP contribution in [0.5, 0.6) is 5.75 Å². The number of hydrogen-bond acceptors (Lipinski definition) is 7. The summed E-state index contributed by atoms with van der Waals surface area (Å²) in [5.41, 5.74) is 6.62. The van der Waals surface area contributed by atoms with Gasteiger partial charge in [-0.15, -0.1) is 0 Å². The normalized spacial score (nSPS) is 14.2. The van der Waals surface area contributed by atoms with Gasteiger partial charge in [-0.1, -0.05) is 12.1 Å². The summed E-state index contributed by atoms with van der Waals surface area (Å²) in [6.07, 6.45) is 3.13. The molecular weight excluding hydrogens is 446 g/mol. The van der Waals surface area contributed by atoms with Gasteiger partial charge in [0.1, 0.15) is 12.4 Å². The molecule has 2 aromatic carbocycles. The molecule has 1 heterocycles. The van der Waals surface area contributed by atoms with Crippen LogP contribution in [0.3, 0.4) is 0 Å². The molecule has 1 aliphatic heterocycles. The van der Waals surface area contributed by atoms with Crippen LogP contribution in [0.15, 0.2) is 47.4 Å². The Bertz CT molecular complexity index is 1110. The average molecular weight is 476 g/mol. The van der Waals surface area contributed by atoms with E-state index in [9.17, 15) is 18.0 Å². The van der Waals surface area contributed by atoms with Crippen LogP contribution in [0.25, 0.3) is 0 Å². The van der Waals surface area contributed by atoms with Crippen LogP contribution >= 0.6 is 0 Å². The van der Waals surface area contributed by atoms with E-state index in [0.717, 1.165) is 36.7 Å². The van der Waals surface area contributed by atoms with Crippen molar-refractivity contribution in [3.63, 3.8) is 0 Å². The third-order valence-electron chi connectivity index (χ3n) is 5.31. The highest BCUT2D eigenvalue weighted by molar-refractivity contribution is 7.89. The highest BCUT2D eigenvalue weighted by atomic mass is 32.2. The van der Waals surface area contributed by atoms with Crippen LogP contribution in [0.1, 0.15) is 35.2 Å². The summed E-state index contributed by atoms with van der Waals surface area (Å²) >= 11 is 0. The standard InChI is InChI=1S/C23H29N3O6S/c1-25(2)33(29,30)19-9-10-21(26-11-4-3-5-12-26)20(14-19)23(28)32-15-17-7-6-8-18(13-17)31-16-22(24)27/h6-10,13-14H,3-5,11-12,15-16H2,1-2H3,(H2,24,27). The van der Waals surface area contributed by atoms with Crippen LogP contribution in [0.4, 0.5) is 5.69 Å². The molecule has 2 aromatic rings. The fourth-order valence-electron chi connectivity index (χ4n) is 3.57. The third-order valence-corrected chi connectivity index (χ3v) is 7.12. The zero-order valence-corrected chi connectivity index (χ0v) is 19.6. The van der Waals surface area contributed by atoms with Crippen molar-refractivity contribution in [1.82, 2.24) is 4.31 Å². The number of piperidine rings is 1. The van der Waals surface area contributed by atoms with E-state index in [1.807, 2.05) is 0 Å². The van der Waals surface area contributed by atoms with E-state index in [2.05, 4.69) is 4.90 Å². The van der Waals surface area contributed by atoms with Crippen molar-refractivity contribution in [1.29, 1.82) is 0 Å². The number of nitrogens with zero attached hydrogens (tertiary/aromatic N) is 2. The number of anilines is 1. The molecule has 0 atom stereocenters. The number of benzene rings is 2. The van der Waals surface area contributed by atoms with E-state index >= 15 is 0 Å². The lowest BCUT2D eigenvalue weighted by Crippen LogP contribution is -2.31. The minimum absolute atomic E-state index is 0.0297. The van der Waals surface area contributed by atoms with Gasteiger partial charge in [-0.2, -0.15) is 0 Å². The molecular formula is C23H29N3O6S. The molecule has 178 valence electrons. The van der Waals surface area contributed by atoms with Gasteiger partial charge in [-0.05, 0) is 55.2 Å². The van der Waals surface area contributed by atoms with Crippen molar-refractivity contribution in [3.8, 4) is 5.75 Å². The first-order valence-electron chi connectivity index (χ1n) is 10.7. The van der Waals surface area contributed by atoms with Gasteiger partial charge in [0.05, 0.1) is 16.1 Å². The molecule has 9 nitrogen and oxygen atoms in total. The summed E-state index contributed by atoms with van der Waals surface area (Å²) in [7, 11) is -0.827. The maximum atomic E-state index is 13.1. The second-order valence-electron chi connectivity index (χ2n) is 7.99. The topological polar surface area (TPSA) is 119 Å². The third kappa shape index (κ3) is 6.23. The number of primary amides is 1. The number of carbonyl (C=O) groups is 2. The number of hydrogen-bond donors (Lipinski definition) is 1. The highest BCUT2D eigenvalue weighted by Crippen LogP contribution is 2.29. The monoisotopic (exact) mass is 475 g/mol. The van der Waals surface area contributed by atoms with Gasteiger partial charge >= 0.3 is 5.97 Å². The molecule has 2 N–H and O–H groups in total. The quantitative estimate of drug-likeness (QED) is 0.552. The first-order chi connectivity index (χ1) is 15.7. The molecule has 0 aromatic heterocycles. The van der Waals surface area contributed by atoms with Gasteiger partial charge in [-0.25, -0.2) is 17.5 Å². The van der Waals surface area contributed by atoms with E-state index in [0.29, 0.717) is 17.0 Å². The Hall–Kier alpha value is -3.11. The molecule has 1 fully saturated rings. The minimum Gasteiger partial charge on any atom is -0.484 e. The number of rotatable bonds is 9. The fourth-order valence-corrected chi connectivity index (χ4v) is 4.50. The molecule has 1 aliphatic rings. The van der Waals surface area contributed by atoms with E-state index < -0.39 is 21.9 Å². The van der Waals surface area contributed by atoms with Crippen LogP contribution < -0.4 is 15.4 Å². The number of nitrogens with two attached hydrogens (primary N) is 1. The summed E-state index contributed by atoms with van der Waals surface area (Å²) < 4.78 is 37.2. The predicted molar refractivity (Wildman–Crippen MR) is 124 cm³/mol. The van der Waals surface area contributed by atoms with Gasteiger partial charge in [0.25, 0.3) is 5.91 Å². The summed E-state index contributed by atoms with van der Waals surface area (Å²) in [5.74, 6) is -0.783. The van der Waals surface area contributed by atoms with Gasteiger partial charge in [0, 0.05) is 27.2 Å². The number of ether oxygens (including phenoxy) is 2. The summed E-state index contributed by atoms with van der Waals surface area (Å²) in [6, 6.07) is 11.4. The van der Waals surface area contributed by atoms with Gasteiger partial charge in [0.15, 0.2) is 6.61 Å². The Labute approximate surface area is 194 Å². The van der Waals surface area contributed by atoms with Crippen molar-refractivity contribution in [3.05, 3.63) is 53.6 Å². The zero-order chi connectivity index (χ0) is 24.0. The van der Waals surface area contributed by atoms with Gasteiger partial charge in [-0.3, -0.25) is 4.79 Å². The van der Waals surface area contributed by atoms with Gasteiger partial charge < -0.3 is 20.1 Å². The van der Waals surface area contributed by atoms with E-state index in [1.165, 1.54) is 26.2 Å². The largest absolute Gasteiger partial charge is 0.484 e. The molecule has 0 saturated carbocycles. The Morgan fingerprint density at radius 2 is 1.79 bits per heavy atom. The number of esters is 1. The summed E-state index contributed by atoms with van der Waals surface area (Å²) in [6.45, 7) is 1.28. The summed E-state index contributed by atoms with van der Waals surface area (Å²) in [4.78, 5) is 26.1. The lowest BCUT2D eigenvalue weighted by atomic mass is 10.1. The fraction of sp³-hybridized carbons (Fsp3) is 0.391. The maximum Gasteiger partial charge on any atom is 0.340 e. The second-order valence-corrected chi connectivity index (χ2v) is 10.1. The van der Waals surface area contributed by atoms with Crippen LogP contribution in [0, 0.1) is 0 Å². The first kappa shape index (κ1) is 24.5. The second kappa shape index (κ2) is 10.7. The van der Waals surface area contributed by atoms with Crippen molar-refractivity contribution >= 4 is 27.6 Å². The number of carbonyl (C=O) groups excluding carboxylic acids is 2. The van der Waals surface area contributed by atoms with Crippen LogP contribution in [-0.4, -0.2) is 58.4 Å². The molecule has 1 amide bonds. The van der Waals surface area contributed by atoms with Gasteiger partial charge in [0.2, 0.25) is 10.0 Å². The van der Waals surface area contributed by atoms with Crippen molar-refractivity contribution in [2.45, 2.75) is 30.8 Å². The Morgan fingerprint density at radius 1 is 1.06 bits per heavy atom. The average Bonchev–Trinajstić information content (AvgIpc) is 2.81. The lowest BCUT2D eigenvalue weighted by molar-refractivity contribution is -0.119. The molecule has 0 bridgehead atoms. The zero-order valence-electron chi connectivity index (χ0n) is 18.8. The Kier molecular flexibility index (Phi) is 7.93. The first-order valence-corrected chi connectivity index (χ1v) is 12.1. The SMILES string of the molecule is CN(C)S(=O)(=O)c1ccc(N2CCCCC2)c(C(=O)OCc2cccc(OCC(N)=O)c2)c1. The molecule has 0 spiro atoms. The lowest BCUT2D eigenvalue weighted by Gasteiger charge is -2.30. The van der Waals surface area contributed by atoms with Crippen molar-refractivity contribution in [2.75, 3.05) is 38.7 Å². The molecule has 0 aliphatic carbocycles.